The predicted molar refractivity (Wildman–Crippen MR) is 55.3 cm³/mol. The topological polar surface area (TPSA) is 55.1 Å². The van der Waals surface area contributed by atoms with Crippen LogP contribution in [0.15, 0.2) is 11.4 Å². The van der Waals surface area contributed by atoms with E-state index in [1.54, 1.807) is 11.4 Å². The highest BCUT2D eigenvalue weighted by Gasteiger charge is 2.06. The lowest BCUT2D eigenvalue weighted by Crippen LogP contribution is -2.25. The summed E-state index contributed by atoms with van der Waals surface area (Å²) in [5, 5.41) is 5.09. The molecular formula is C8H11ClN2OS. The second-order valence-electron chi connectivity index (χ2n) is 2.53. The standard InChI is InChI=1S/C8H11ClN2OS/c9-6-4-7(13-5-6)8(12)11-3-1-2-10/h4-5H,1-3,10H2,(H,11,12). The molecule has 72 valence electrons. The van der Waals surface area contributed by atoms with E-state index in [0.29, 0.717) is 23.0 Å². The molecule has 0 radical (unpaired) electrons. The van der Waals surface area contributed by atoms with Crippen LogP contribution in [0.3, 0.4) is 0 Å². The fourth-order valence-electron chi connectivity index (χ4n) is 0.823. The Balaban J connectivity index is 2.40. The molecule has 1 amide bonds. The molecule has 0 aliphatic heterocycles. The number of carbonyl (C=O) groups is 1. The lowest BCUT2D eigenvalue weighted by atomic mass is 10.4. The van der Waals surface area contributed by atoms with Crippen molar-refractivity contribution >= 4 is 28.8 Å². The maximum Gasteiger partial charge on any atom is 0.261 e. The number of hydrogen-bond acceptors (Lipinski definition) is 3. The fraction of sp³-hybridized carbons (Fsp3) is 0.375. The van der Waals surface area contributed by atoms with Crippen molar-refractivity contribution < 1.29 is 4.79 Å². The summed E-state index contributed by atoms with van der Waals surface area (Å²) in [7, 11) is 0. The van der Waals surface area contributed by atoms with Gasteiger partial charge in [0.15, 0.2) is 0 Å². The zero-order valence-electron chi connectivity index (χ0n) is 7.05. The summed E-state index contributed by atoms with van der Waals surface area (Å²) >= 11 is 7.02. The smallest absolute Gasteiger partial charge is 0.261 e. The largest absolute Gasteiger partial charge is 0.351 e. The minimum absolute atomic E-state index is 0.0784. The van der Waals surface area contributed by atoms with Gasteiger partial charge in [-0.25, -0.2) is 0 Å². The number of carbonyl (C=O) groups excluding carboxylic acids is 1. The molecule has 1 heterocycles. The van der Waals surface area contributed by atoms with Crippen LogP contribution < -0.4 is 11.1 Å². The number of rotatable bonds is 4. The highest BCUT2D eigenvalue weighted by molar-refractivity contribution is 7.12. The molecule has 0 saturated carbocycles. The van der Waals surface area contributed by atoms with Crippen molar-refractivity contribution in [3.63, 3.8) is 0 Å². The first-order valence-corrected chi connectivity index (χ1v) is 5.22. The van der Waals surface area contributed by atoms with Gasteiger partial charge in [0.05, 0.1) is 9.90 Å². The molecule has 0 aliphatic rings. The van der Waals surface area contributed by atoms with E-state index in [2.05, 4.69) is 5.32 Å². The van der Waals surface area contributed by atoms with Crippen LogP contribution in [0.5, 0.6) is 0 Å². The maximum absolute atomic E-state index is 11.3. The van der Waals surface area contributed by atoms with E-state index in [-0.39, 0.29) is 5.91 Å². The summed E-state index contributed by atoms with van der Waals surface area (Å²) in [6, 6.07) is 1.66. The van der Waals surface area contributed by atoms with Crippen molar-refractivity contribution in [1.82, 2.24) is 5.32 Å². The van der Waals surface area contributed by atoms with Crippen LogP contribution in [-0.4, -0.2) is 19.0 Å². The third kappa shape index (κ3) is 3.34. The number of hydrogen-bond donors (Lipinski definition) is 2. The molecule has 0 fully saturated rings. The lowest BCUT2D eigenvalue weighted by Gasteiger charge is -2.00. The molecule has 1 rings (SSSR count). The van der Waals surface area contributed by atoms with Crippen LogP contribution in [0.4, 0.5) is 0 Å². The Kier molecular flexibility index (Phi) is 4.21. The van der Waals surface area contributed by atoms with Gasteiger partial charge in [-0.1, -0.05) is 11.6 Å². The Morgan fingerprint density at radius 3 is 3.00 bits per heavy atom. The van der Waals surface area contributed by atoms with Crippen LogP contribution in [-0.2, 0) is 0 Å². The van der Waals surface area contributed by atoms with E-state index in [0.717, 1.165) is 6.42 Å². The number of nitrogens with two attached hydrogens (primary N) is 1. The van der Waals surface area contributed by atoms with Crippen molar-refractivity contribution in [2.75, 3.05) is 13.1 Å². The number of nitrogens with one attached hydrogen (secondary N) is 1. The number of amides is 1. The Morgan fingerprint density at radius 1 is 1.69 bits per heavy atom. The first-order valence-electron chi connectivity index (χ1n) is 3.96. The van der Waals surface area contributed by atoms with Gasteiger partial charge in [-0.05, 0) is 19.0 Å². The summed E-state index contributed by atoms with van der Waals surface area (Å²) in [5.41, 5.74) is 5.29. The zero-order chi connectivity index (χ0) is 9.68. The molecule has 0 aliphatic carbocycles. The van der Waals surface area contributed by atoms with E-state index >= 15 is 0 Å². The lowest BCUT2D eigenvalue weighted by molar-refractivity contribution is 0.0957. The molecule has 13 heavy (non-hydrogen) atoms. The Hall–Kier alpha value is -0.580. The molecule has 1 aromatic heterocycles. The summed E-state index contributed by atoms with van der Waals surface area (Å²) in [4.78, 5) is 12.0. The molecule has 3 N–H and O–H groups in total. The average Bonchev–Trinajstić information content (AvgIpc) is 2.52. The molecule has 3 nitrogen and oxygen atoms in total. The Morgan fingerprint density at radius 2 is 2.46 bits per heavy atom. The average molecular weight is 219 g/mol. The van der Waals surface area contributed by atoms with E-state index < -0.39 is 0 Å². The van der Waals surface area contributed by atoms with Gasteiger partial charge < -0.3 is 11.1 Å². The van der Waals surface area contributed by atoms with Gasteiger partial charge in [0.2, 0.25) is 0 Å². The monoisotopic (exact) mass is 218 g/mol. The van der Waals surface area contributed by atoms with Crippen LogP contribution in [0, 0.1) is 0 Å². The van der Waals surface area contributed by atoms with Crippen molar-refractivity contribution in [3.05, 3.63) is 21.3 Å². The first-order chi connectivity index (χ1) is 6.24. The van der Waals surface area contributed by atoms with Crippen LogP contribution in [0.2, 0.25) is 5.02 Å². The van der Waals surface area contributed by atoms with Gasteiger partial charge in [0.1, 0.15) is 0 Å². The SMILES string of the molecule is NCCCNC(=O)c1cc(Cl)cs1. The van der Waals surface area contributed by atoms with Crippen LogP contribution in [0.1, 0.15) is 16.1 Å². The van der Waals surface area contributed by atoms with Crippen LogP contribution >= 0.6 is 22.9 Å². The van der Waals surface area contributed by atoms with Crippen molar-refractivity contribution in [2.45, 2.75) is 6.42 Å². The molecular weight excluding hydrogens is 208 g/mol. The van der Waals surface area contributed by atoms with E-state index in [4.69, 9.17) is 17.3 Å². The second-order valence-corrected chi connectivity index (χ2v) is 3.87. The maximum atomic E-state index is 11.3. The Bertz CT molecular complexity index is 287. The van der Waals surface area contributed by atoms with Crippen molar-refractivity contribution in [2.24, 2.45) is 5.73 Å². The zero-order valence-corrected chi connectivity index (χ0v) is 8.62. The van der Waals surface area contributed by atoms with Gasteiger partial charge in [-0.2, -0.15) is 0 Å². The normalized spacial score (nSPS) is 10.0. The minimum Gasteiger partial charge on any atom is -0.351 e. The fourth-order valence-corrected chi connectivity index (χ4v) is 1.81. The van der Waals surface area contributed by atoms with Gasteiger partial charge in [0.25, 0.3) is 5.91 Å². The van der Waals surface area contributed by atoms with Crippen molar-refractivity contribution in [3.8, 4) is 0 Å². The van der Waals surface area contributed by atoms with E-state index in [9.17, 15) is 4.79 Å². The summed E-state index contributed by atoms with van der Waals surface area (Å²) in [6.07, 6.45) is 0.796. The van der Waals surface area contributed by atoms with Gasteiger partial charge in [0, 0.05) is 11.9 Å². The molecule has 0 atom stereocenters. The van der Waals surface area contributed by atoms with E-state index in [1.807, 2.05) is 0 Å². The molecule has 0 bridgehead atoms. The predicted octanol–water partition coefficient (Wildman–Crippen LogP) is 1.48. The van der Waals surface area contributed by atoms with Gasteiger partial charge in [-0.3, -0.25) is 4.79 Å². The minimum atomic E-state index is -0.0784. The van der Waals surface area contributed by atoms with E-state index in [1.165, 1.54) is 11.3 Å². The number of thiophene rings is 1. The summed E-state index contributed by atoms with van der Waals surface area (Å²) < 4.78 is 0. The second kappa shape index (κ2) is 5.21. The third-order valence-electron chi connectivity index (χ3n) is 1.46. The highest BCUT2D eigenvalue weighted by atomic mass is 35.5. The summed E-state index contributed by atoms with van der Waals surface area (Å²) in [5.74, 6) is -0.0784. The highest BCUT2D eigenvalue weighted by Crippen LogP contribution is 2.18. The summed E-state index contributed by atoms with van der Waals surface area (Å²) in [6.45, 7) is 1.20. The molecule has 5 heteroatoms. The molecule has 0 spiro atoms. The van der Waals surface area contributed by atoms with Gasteiger partial charge >= 0.3 is 0 Å². The molecule has 0 saturated heterocycles. The third-order valence-corrected chi connectivity index (χ3v) is 2.73. The molecule has 0 unspecified atom stereocenters. The van der Waals surface area contributed by atoms with Gasteiger partial charge in [-0.15, -0.1) is 11.3 Å². The Labute approximate surface area is 85.9 Å². The number of halogens is 1. The molecule has 0 aromatic carbocycles. The quantitative estimate of drug-likeness (QED) is 0.753. The van der Waals surface area contributed by atoms with Crippen LogP contribution in [0.25, 0.3) is 0 Å². The first kappa shape index (κ1) is 10.5. The van der Waals surface area contributed by atoms with Crippen molar-refractivity contribution in [1.29, 1.82) is 0 Å². The molecule has 1 aromatic rings.